The average molecular weight is 161 g/mol. The van der Waals surface area contributed by atoms with E-state index in [1.165, 1.54) is 0 Å². The van der Waals surface area contributed by atoms with E-state index in [0.29, 0.717) is 6.42 Å². The van der Waals surface area contributed by atoms with Crippen LogP contribution in [-0.4, -0.2) is 28.3 Å². The molecule has 0 amide bonds. The van der Waals surface area contributed by atoms with Crippen molar-refractivity contribution < 1.29 is 15.0 Å². The Morgan fingerprint density at radius 2 is 2.18 bits per heavy atom. The molecule has 0 aromatic heterocycles. The molecule has 0 spiro atoms. The second-order valence-corrected chi connectivity index (χ2v) is 2.81. The Hall–Kier alpha value is -0.610. The highest BCUT2D eigenvalue weighted by Crippen LogP contribution is 2.17. The molecule has 4 heteroatoms. The zero-order valence-electron chi connectivity index (χ0n) is 6.87. The number of carbonyl (C=O) groups is 1. The SMILES string of the molecule is CCC(C)[C@](N)(CO)C(=O)O. The van der Waals surface area contributed by atoms with E-state index in [1.807, 2.05) is 6.92 Å². The van der Waals surface area contributed by atoms with Crippen LogP contribution >= 0.6 is 0 Å². The van der Waals surface area contributed by atoms with Gasteiger partial charge in [0.15, 0.2) is 0 Å². The second kappa shape index (κ2) is 3.69. The fourth-order valence-corrected chi connectivity index (χ4v) is 0.799. The Balaban J connectivity index is 4.45. The minimum Gasteiger partial charge on any atom is -0.480 e. The minimum atomic E-state index is -1.48. The van der Waals surface area contributed by atoms with Gasteiger partial charge in [-0.25, -0.2) is 0 Å². The summed E-state index contributed by atoms with van der Waals surface area (Å²) in [6.07, 6.45) is 0.642. The molecule has 0 rings (SSSR count). The van der Waals surface area contributed by atoms with Gasteiger partial charge in [0.2, 0.25) is 0 Å². The zero-order chi connectivity index (χ0) is 9.07. The number of aliphatic hydroxyl groups is 1. The van der Waals surface area contributed by atoms with Gasteiger partial charge >= 0.3 is 5.97 Å². The average Bonchev–Trinajstić information content (AvgIpc) is 2.01. The summed E-state index contributed by atoms with van der Waals surface area (Å²) in [5, 5.41) is 17.4. The van der Waals surface area contributed by atoms with Crippen molar-refractivity contribution in [3.05, 3.63) is 0 Å². The molecule has 0 fully saturated rings. The Morgan fingerprint density at radius 1 is 1.73 bits per heavy atom. The number of aliphatic carboxylic acids is 1. The molecule has 0 bridgehead atoms. The first-order valence-corrected chi connectivity index (χ1v) is 3.62. The van der Waals surface area contributed by atoms with E-state index in [4.69, 9.17) is 15.9 Å². The maximum Gasteiger partial charge on any atom is 0.326 e. The van der Waals surface area contributed by atoms with E-state index in [2.05, 4.69) is 0 Å². The predicted octanol–water partition coefficient (Wildman–Crippen LogP) is -0.193. The number of carboxylic acids is 1. The highest BCUT2D eigenvalue weighted by Gasteiger charge is 2.38. The van der Waals surface area contributed by atoms with Crippen molar-refractivity contribution in [2.24, 2.45) is 11.7 Å². The van der Waals surface area contributed by atoms with Crippen LogP contribution in [0, 0.1) is 5.92 Å². The fraction of sp³-hybridized carbons (Fsp3) is 0.857. The van der Waals surface area contributed by atoms with Crippen LogP contribution in [0.25, 0.3) is 0 Å². The molecular weight excluding hydrogens is 146 g/mol. The van der Waals surface area contributed by atoms with Crippen LogP contribution in [0.15, 0.2) is 0 Å². The van der Waals surface area contributed by atoms with Crippen molar-refractivity contribution in [2.45, 2.75) is 25.8 Å². The molecular formula is C7H15NO3. The molecule has 0 aliphatic rings. The summed E-state index contributed by atoms with van der Waals surface area (Å²) in [5.41, 5.74) is 3.97. The van der Waals surface area contributed by atoms with Crippen molar-refractivity contribution in [1.82, 2.24) is 0 Å². The van der Waals surface area contributed by atoms with Crippen molar-refractivity contribution >= 4 is 5.97 Å². The quantitative estimate of drug-likeness (QED) is 0.533. The maximum absolute atomic E-state index is 10.6. The lowest BCUT2D eigenvalue weighted by Gasteiger charge is -2.28. The Kier molecular flexibility index (Phi) is 3.48. The Morgan fingerprint density at radius 3 is 2.27 bits per heavy atom. The van der Waals surface area contributed by atoms with Crippen molar-refractivity contribution in [3.63, 3.8) is 0 Å². The number of rotatable bonds is 4. The molecule has 1 unspecified atom stereocenters. The van der Waals surface area contributed by atoms with Gasteiger partial charge in [0.1, 0.15) is 5.54 Å². The van der Waals surface area contributed by atoms with Gasteiger partial charge in [-0.2, -0.15) is 0 Å². The summed E-state index contributed by atoms with van der Waals surface area (Å²) in [4.78, 5) is 10.6. The summed E-state index contributed by atoms with van der Waals surface area (Å²) < 4.78 is 0. The van der Waals surface area contributed by atoms with E-state index in [1.54, 1.807) is 6.92 Å². The number of hydrogen-bond donors (Lipinski definition) is 3. The first-order valence-electron chi connectivity index (χ1n) is 3.62. The highest BCUT2D eigenvalue weighted by atomic mass is 16.4. The second-order valence-electron chi connectivity index (χ2n) is 2.81. The van der Waals surface area contributed by atoms with Gasteiger partial charge in [0, 0.05) is 0 Å². The van der Waals surface area contributed by atoms with Crippen LogP contribution in [0.5, 0.6) is 0 Å². The van der Waals surface area contributed by atoms with E-state index in [-0.39, 0.29) is 5.92 Å². The van der Waals surface area contributed by atoms with Crippen LogP contribution < -0.4 is 5.73 Å². The van der Waals surface area contributed by atoms with Crippen molar-refractivity contribution in [3.8, 4) is 0 Å². The summed E-state index contributed by atoms with van der Waals surface area (Å²) in [5.74, 6) is -1.36. The zero-order valence-corrected chi connectivity index (χ0v) is 6.87. The van der Waals surface area contributed by atoms with Crippen LogP contribution in [0.4, 0.5) is 0 Å². The third-order valence-corrected chi connectivity index (χ3v) is 2.15. The fourth-order valence-electron chi connectivity index (χ4n) is 0.799. The van der Waals surface area contributed by atoms with E-state index >= 15 is 0 Å². The smallest absolute Gasteiger partial charge is 0.326 e. The van der Waals surface area contributed by atoms with Crippen LogP contribution in [0.2, 0.25) is 0 Å². The number of aliphatic hydroxyl groups excluding tert-OH is 1. The monoisotopic (exact) mass is 161 g/mol. The van der Waals surface area contributed by atoms with Gasteiger partial charge < -0.3 is 15.9 Å². The largest absolute Gasteiger partial charge is 0.480 e. The topological polar surface area (TPSA) is 83.5 Å². The molecule has 11 heavy (non-hydrogen) atoms. The molecule has 66 valence electrons. The summed E-state index contributed by atoms with van der Waals surface area (Å²) >= 11 is 0. The molecule has 0 aromatic carbocycles. The molecule has 0 saturated carbocycles. The molecule has 0 saturated heterocycles. The molecule has 0 aliphatic carbocycles. The number of hydrogen-bond acceptors (Lipinski definition) is 3. The van der Waals surface area contributed by atoms with Crippen molar-refractivity contribution in [2.75, 3.05) is 6.61 Å². The highest BCUT2D eigenvalue weighted by molar-refractivity contribution is 5.79. The van der Waals surface area contributed by atoms with Gasteiger partial charge in [-0.1, -0.05) is 20.3 Å². The van der Waals surface area contributed by atoms with Gasteiger partial charge in [0.25, 0.3) is 0 Å². The van der Waals surface area contributed by atoms with Gasteiger partial charge in [-0.15, -0.1) is 0 Å². The van der Waals surface area contributed by atoms with E-state index < -0.39 is 18.1 Å². The number of nitrogens with two attached hydrogens (primary N) is 1. The Bertz CT molecular complexity index is 149. The summed E-state index contributed by atoms with van der Waals surface area (Å²) in [6.45, 7) is 3.03. The number of carboxylic acid groups (broad SMARTS) is 1. The first kappa shape index (κ1) is 10.4. The molecule has 0 heterocycles. The molecule has 0 radical (unpaired) electrons. The van der Waals surface area contributed by atoms with Crippen LogP contribution in [0.3, 0.4) is 0 Å². The van der Waals surface area contributed by atoms with Crippen LogP contribution in [0.1, 0.15) is 20.3 Å². The van der Waals surface area contributed by atoms with Gasteiger partial charge in [-0.05, 0) is 5.92 Å². The maximum atomic E-state index is 10.6. The van der Waals surface area contributed by atoms with Crippen LogP contribution in [-0.2, 0) is 4.79 Å². The lowest BCUT2D eigenvalue weighted by atomic mass is 9.85. The minimum absolute atomic E-state index is 0.218. The third kappa shape index (κ3) is 1.91. The standard InChI is InChI=1S/C7H15NO3/c1-3-5(2)7(8,4-9)6(10)11/h5,9H,3-4,8H2,1-2H3,(H,10,11)/t5?,7-/m1/s1. The first-order chi connectivity index (χ1) is 4.99. The van der Waals surface area contributed by atoms with Gasteiger partial charge in [0.05, 0.1) is 6.61 Å². The third-order valence-electron chi connectivity index (χ3n) is 2.15. The molecule has 0 aromatic rings. The van der Waals surface area contributed by atoms with Crippen molar-refractivity contribution in [1.29, 1.82) is 0 Å². The lowest BCUT2D eigenvalue weighted by Crippen LogP contribution is -2.56. The predicted molar refractivity (Wildman–Crippen MR) is 41.1 cm³/mol. The van der Waals surface area contributed by atoms with E-state index in [9.17, 15) is 4.79 Å². The lowest BCUT2D eigenvalue weighted by molar-refractivity contribution is -0.147. The molecule has 4 N–H and O–H groups in total. The molecule has 2 atom stereocenters. The summed E-state index contributed by atoms with van der Waals surface area (Å²) in [6, 6.07) is 0. The normalized spacial score (nSPS) is 18.9. The van der Waals surface area contributed by atoms with E-state index in [0.717, 1.165) is 0 Å². The Labute approximate surface area is 66.0 Å². The molecule has 0 aliphatic heterocycles. The summed E-state index contributed by atoms with van der Waals surface area (Å²) in [7, 11) is 0. The van der Waals surface area contributed by atoms with Gasteiger partial charge in [-0.3, -0.25) is 4.79 Å². The molecule has 4 nitrogen and oxygen atoms in total.